The molecular formula is C25H32N6O2. The average molecular weight is 449 g/mol. The van der Waals surface area contributed by atoms with E-state index in [1.165, 1.54) is 5.69 Å². The van der Waals surface area contributed by atoms with Crippen LogP contribution in [0.25, 0.3) is 11.0 Å². The Kier molecular flexibility index (Phi) is 7.47. The highest BCUT2D eigenvalue weighted by Crippen LogP contribution is 2.26. The number of nitrogens with one attached hydrogen (secondary N) is 3. The van der Waals surface area contributed by atoms with Gasteiger partial charge in [-0.05, 0) is 36.4 Å². The lowest BCUT2D eigenvalue weighted by Gasteiger charge is -2.36. The Morgan fingerprint density at radius 3 is 2.70 bits per heavy atom. The number of amides is 2. The highest BCUT2D eigenvalue weighted by Gasteiger charge is 2.19. The normalized spacial score (nSPS) is 14.3. The number of carbonyl (C=O) groups is 1. The van der Waals surface area contributed by atoms with E-state index < -0.39 is 0 Å². The van der Waals surface area contributed by atoms with Crippen molar-refractivity contribution in [1.82, 2.24) is 20.2 Å². The van der Waals surface area contributed by atoms with Gasteiger partial charge in [0.15, 0.2) is 0 Å². The molecule has 1 fully saturated rings. The number of ether oxygens (including phenoxy) is 1. The number of imidazole rings is 1. The number of carbonyl (C=O) groups excluding carboxylic acids is 1. The first-order valence-electron chi connectivity index (χ1n) is 11.5. The van der Waals surface area contributed by atoms with Crippen LogP contribution in [-0.2, 0) is 6.42 Å². The van der Waals surface area contributed by atoms with E-state index in [9.17, 15) is 4.79 Å². The van der Waals surface area contributed by atoms with Crippen LogP contribution >= 0.6 is 0 Å². The van der Waals surface area contributed by atoms with Crippen molar-refractivity contribution in [2.45, 2.75) is 13.3 Å². The molecular weight excluding hydrogens is 416 g/mol. The Bertz CT molecular complexity index is 1070. The first-order valence-corrected chi connectivity index (χ1v) is 11.5. The standard InChI is InChI=1S/C25H32N6O2/c1-3-12-26-25(32)27-19-8-10-20(11-9-19)33-18-17-30-13-15-31(16-14-30)22-7-5-6-21-24(22)29-23(4-2)28-21/h3,5-11H,1,4,12-18H2,2H3,(H,28,29)(H2,26,27,32). The third-order valence-corrected chi connectivity index (χ3v) is 5.78. The summed E-state index contributed by atoms with van der Waals surface area (Å²) in [5, 5.41) is 5.45. The molecule has 1 saturated heterocycles. The largest absolute Gasteiger partial charge is 0.492 e. The minimum Gasteiger partial charge on any atom is -0.492 e. The van der Waals surface area contributed by atoms with Gasteiger partial charge in [0, 0.05) is 51.4 Å². The molecule has 3 N–H and O–H groups in total. The summed E-state index contributed by atoms with van der Waals surface area (Å²) in [6.07, 6.45) is 2.55. The number of para-hydroxylation sites is 1. The molecule has 8 nitrogen and oxygen atoms in total. The third-order valence-electron chi connectivity index (χ3n) is 5.78. The topological polar surface area (TPSA) is 85.5 Å². The van der Waals surface area contributed by atoms with Crippen molar-refractivity contribution in [3.63, 3.8) is 0 Å². The maximum atomic E-state index is 11.7. The maximum absolute atomic E-state index is 11.7. The van der Waals surface area contributed by atoms with Crippen LogP contribution in [0.4, 0.5) is 16.2 Å². The molecule has 4 rings (SSSR count). The highest BCUT2D eigenvalue weighted by molar-refractivity contribution is 5.89. The number of hydrogen-bond donors (Lipinski definition) is 3. The van der Waals surface area contributed by atoms with Crippen molar-refractivity contribution in [2.75, 3.05) is 56.1 Å². The van der Waals surface area contributed by atoms with Crippen molar-refractivity contribution in [2.24, 2.45) is 0 Å². The molecule has 0 bridgehead atoms. The number of aryl methyl sites for hydroxylation is 1. The monoisotopic (exact) mass is 448 g/mol. The van der Waals surface area contributed by atoms with Gasteiger partial charge in [0.25, 0.3) is 0 Å². The van der Waals surface area contributed by atoms with E-state index in [2.05, 4.69) is 57.1 Å². The molecule has 174 valence electrons. The average Bonchev–Trinajstić information content (AvgIpc) is 3.28. The zero-order valence-electron chi connectivity index (χ0n) is 19.1. The summed E-state index contributed by atoms with van der Waals surface area (Å²) < 4.78 is 5.91. The van der Waals surface area contributed by atoms with Crippen LogP contribution in [0.15, 0.2) is 55.1 Å². The van der Waals surface area contributed by atoms with Crippen molar-refractivity contribution < 1.29 is 9.53 Å². The molecule has 2 aromatic carbocycles. The van der Waals surface area contributed by atoms with E-state index in [0.29, 0.717) is 13.2 Å². The molecule has 3 aromatic rings. The second-order valence-electron chi connectivity index (χ2n) is 8.04. The lowest BCUT2D eigenvalue weighted by atomic mass is 10.2. The first kappa shape index (κ1) is 22.7. The SMILES string of the molecule is C=CCNC(=O)Nc1ccc(OCCN2CCN(c3cccc4[nH]c(CC)nc34)CC2)cc1. The molecule has 0 aliphatic carbocycles. The minimum absolute atomic E-state index is 0.253. The molecule has 0 unspecified atom stereocenters. The lowest BCUT2D eigenvalue weighted by Crippen LogP contribution is -2.47. The fourth-order valence-electron chi connectivity index (χ4n) is 3.97. The number of benzene rings is 2. The fraction of sp³-hybridized carbons (Fsp3) is 0.360. The predicted molar refractivity (Wildman–Crippen MR) is 133 cm³/mol. The van der Waals surface area contributed by atoms with Gasteiger partial charge in [0.05, 0.1) is 11.2 Å². The van der Waals surface area contributed by atoms with Gasteiger partial charge < -0.3 is 25.3 Å². The van der Waals surface area contributed by atoms with Gasteiger partial charge >= 0.3 is 6.03 Å². The molecule has 0 saturated carbocycles. The zero-order chi connectivity index (χ0) is 23.0. The highest BCUT2D eigenvalue weighted by atomic mass is 16.5. The van der Waals surface area contributed by atoms with Crippen LogP contribution < -0.4 is 20.3 Å². The number of piperazine rings is 1. The molecule has 8 heteroatoms. The molecule has 2 heterocycles. The van der Waals surface area contributed by atoms with Crippen LogP contribution in [0.5, 0.6) is 5.75 Å². The second-order valence-corrected chi connectivity index (χ2v) is 8.04. The summed E-state index contributed by atoms with van der Waals surface area (Å²) in [6.45, 7) is 11.6. The van der Waals surface area contributed by atoms with Gasteiger partial charge in [-0.15, -0.1) is 6.58 Å². The quantitative estimate of drug-likeness (QED) is 0.435. The second kappa shape index (κ2) is 10.9. The molecule has 1 aliphatic rings. The van der Waals surface area contributed by atoms with E-state index >= 15 is 0 Å². The molecule has 0 spiro atoms. The van der Waals surface area contributed by atoms with Gasteiger partial charge in [0.2, 0.25) is 0 Å². The summed E-state index contributed by atoms with van der Waals surface area (Å²) in [7, 11) is 0. The molecule has 1 aliphatic heterocycles. The van der Waals surface area contributed by atoms with Crippen LogP contribution in [-0.4, -0.2) is 66.8 Å². The number of rotatable bonds is 9. The third kappa shape index (κ3) is 5.84. The van der Waals surface area contributed by atoms with E-state index in [1.54, 1.807) is 6.08 Å². The number of aromatic amines is 1. The molecule has 1 aromatic heterocycles. The minimum atomic E-state index is -0.253. The van der Waals surface area contributed by atoms with E-state index in [-0.39, 0.29) is 6.03 Å². The fourth-order valence-corrected chi connectivity index (χ4v) is 3.97. The van der Waals surface area contributed by atoms with Gasteiger partial charge in [-0.25, -0.2) is 9.78 Å². The number of urea groups is 1. The first-order chi connectivity index (χ1) is 16.2. The Labute approximate surface area is 194 Å². The van der Waals surface area contributed by atoms with Gasteiger partial charge in [-0.3, -0.25) is 4.90 Å². The van der Waals surface area contributed by atoms with Crippen LogP contribution in [0.1, 0.15) is 12.7 Å². The van der Waals surface area contributed by atoms with Crippen LogP contribution in [0.2, 0.25) is 0 Å². The maximum Gasteiger partial charge on any atom is 0.319 e. The molecule has 33 heavy (non-hydrogen) atoms. The van der Waals surface area contributed by atoms with E-state index in [1.807, 2.05) is 24.3 Å². The lowest BCUT2D eigenvalue weighted by molar-refractivity contribution is 0.200. The smallest absolute Gasteiger partial charge is 0.319 e. The molecule has 0 radical (unpaired) electrons. The van der Waals surface area contributed by atoms with Crippen molar-refractivity contribution in [1.29, 1.82) is 0 Å². The summed E-state index contributed by atoms with van der Waals surface area (Å²) in [5.74, 6) is 1.83. The Hall–Kier alpha value is -3.52. The number of hydrogen-bond acceptors (Lipinski definition) is 5. The van der Waals surface area contributed by atoms with E-state index in [4.69, 9.17) is 9.72 Å². The van der Waals surface area contributed by atoms with Crippen LogP contribution in [0.3, 0.4) is 0 Å². The number of aromatic nitrogens is 2. The summed E-state index contributed by atoms with van der Waals surface area (Å²) in [6, 6.07) is 13.5. The number of fused-ring (bicyclic) bond motifs is 1. The summed E-state index contributed by atoms with van der Waals surface area (Å²) in [5.41, 5.74) is 4.12. The Morgan fingerprint density at radius 2 is 1.97 bits per heavy atom. The number of nitrogens with zero attached hydrogens (tertiary/aromatic N) is 3. The molecule has 0 atom stereocenters. The van der Waals surface area contributed by atoms with E-state index in [0.717, 1.165) is 67.4 Å². The predicted octanol–water partition coefficient (Wildman–Crippen LogP) is 3.63. The summed E-state index contributed by atoms with van der Waals surface area (Å²) >= 11 is 0. The zero-order valence-corrected chi connectivity index (χ0v) is 19.1. The van der Waals surface area contributed by atoms with Crippen LogP contribution in [0, 0.1) is 0 Å². The van der Waals surface area contributed by atoms with Gasteiger partial charge in [-0.2, -0.15) is 0 Å². The van der Waals surface area contributed by atoms with Crippen molar-refractivity contribution in [3.05, 3.63) is 60.9 Å². The van der Waals surface area contributed by atoms with Crippen molar-refractivity contribution >= 4 is 28.4 Å². The molecule has 2 amide bonds. The summed E-state index contributed by atoms with van der Waals surface area (Å²) in [4.78, 5) is 24.7. The van der Waals surface area contributed by atoms with Gasteiger partial charge in [0.1, 0.15) is 23.7 Å². The number of H-pyrrole nitrogens is 1. The van der Waals surface area contributed by atoms with Crippen molar-refractivity contribution in [3.8, 4) is 5.75 Å². The Balaban J connectivity index is 1.21. The Morgan fingerprint density at radius 1 is 1.18 bits per heavy atom. The van der Waals surface area contributed by atoms with Gasteiger partial charge in [-0.1, -0.05) is 19.1 Å². The number of anilines is 2.